The van der Waals surface area contributed by atoms with Gasteiger partial charge >= 0.3 is 5.97 Å². The summed E-state index contributed by atoms with van der Waals surface area (Å²) in [5.74, 6) is -0.794. The number of nitrogens with zero attached hydrogens (tertiary/aromatic N) is 1. The van der Waals surface area contributed by atoms with Crippen LogP contribution in [0.4, 0.5) is 0 Å². The van der Waals surface area contributed by atoms with Crippen LogP contribution in [0.15, 0.2) is 36.5 Å². The van der Waals surface area contributed by atoms with Gasteiger partial charge in [-0.15, -0.1) is 0 Å². The number of carboxylic acid groups (broad SMARTS) is 1. The van der Waals surface area contributed by atoms with Crippen molar-refractivity contribution in [1.29, 1.82) is 0 Å². The Bertz CT molecular complexity index is 1210. The van der Waals surface area contributed by atoms with Crippen molar-refractivity contribution in [3.05, 3.63) is 47.8 Å². The summed E-state index contributed by atoms with van der Waals surface area (Å²) in [5.41, 5.74) is 1.69. The molecule has 1 heterocycles. The van der Waals surface area contributed by atoms with Crippen molar-refractivity contribution in [3.63, 3.8) is 0 Å². The number of rotatable bonds is 16. The first kappa shape index (κ1) is 37.3. The number of hydrogen-bond donors (Lipinski definition) is 2. The zero-order valence-electron chi connectivity index (χ0n) is 28.8. The van der Waals surface area contributed by atoms with Crippen molar-refractivity contribution in [2.24, 2.45) is 0 Å². The van der Waals surface area contributed by atoms with Crippen molar-refractivity contribution >= 4 is 39.5 Å². The molecular formula is C35H59NO5Si2. The molecule has 3 atom stereocenters. The summed E-state index contributed by atoms with van der Waals surface area (Å²) < 4.78 is 14.1. The highest BCUT2D eigenvalue weighted by Crippen LogP contribution is 2.41. The maximum atomic E-state index is 11.4. The lowest BCUT2D eigenvalue weighted by atomic mass is 9.99. The van der Waals surface area contributed by atoms with Gasteiger partial charge in [0.25, 0.3) is 0 Å². The van der Waals surface area contributed by atoms with E-state index in [1.165, 1.54) is 0 Å². The molecule has 0 fully saturated rings. The zero-order chi connectivity index (χ0) is 32.6. The van der Waals surface area contributed by atoms with Crippen LogP contribution in [0.25, 0.3) is 16.8 Å². The van der Waals surface area contributed by atoms with Crippen molar-refractivity contribution in [2.45, 2.75) is 148 Å². The predicted octanol–water partition coefficient (Wildman–Crippen LogP) is 9.90. The molecule has 43 heavy (non-hydrogen) atoms. The van der Waals surface area contributed by atoms with Gasteiger partial charge in [0.05, 0.1) is 24.0 Å². The van der Waals surface area contributed by atoms with Gasteiger partial charge in [-0.25, -0.2) is 0 Å². The van der Waals surface area contributed by atoms with Crippen LogP contribution in [0.3, 0.4) is 0 Å². The number of carboxylic acids is 1. The van der Waals surface area contributed by atoms with Crippen LogP contribution in [0.2, 0.25) is 36.3 Å². The molecule has 0 spiro atoms. The minimum atomic E-state index is -2.23. The molecule has 2 unspecified atom stereocenters. The lowest BCUT2D eigenvalue weighted by Gasteiger charge is -2.44. The van der Waals surface area contributed by atoms with Crippen LogP contribution in [0, 0.1) is 0 Å². The van der Waals surface area contributed by atoms with Gasteiger partial charge in [-0.2, -0.15) is 0 Å². The van der Waals surface area contributed by atoms with Gasteiger partial charge in [0.2, 0.25) is 0 Å². The predicted molar refractivity (Wildman–Crippen MR) is 186 cm³/mol. The van der Waals surface area contributed by atoms with E-state index in [0.29, 0.717) is 19.3 Å². The molecule has 2 N–H and O–H groups in total. The van der Waals surface area contributed by atoms with Gasteiger partial charge < -0.3 is 19.1 Å². The van der Waals surface area contributed by atoms with Crippen LogP contribution >= 0.6 is 0 Å². The second-order valence-corrected chi connectivity index (χ2v) is 24.6. The topological polar surface area (TPSA) is 88.9 Å². The number of unbranched alkanes of at least 4 members (excludes halogenated alkanes) is 2. The summed E-state index contributed by atoms with van der Waals surface area (Å²) in [6.07, 6.45) is 9.93. The van der Waals surface area contributed by atoms with Crippen molar-refractivity contribution in [1.82, 2.24) is 4.98 Å². The van der Waals surface area contributed by atoms with Gasteiger partial charge in [-0.1, -0.05) is 104 Å². The van der Waals surface area contributed by atoms with E-state index in [1.54, 1.807) is 0 Å². The summed E-state index contributed by atoms with van der Waals surface area (Å²) >= 11 is 0. The Morgan fingerprint density at radius 1 is 0.907 bits per heavy atom. The Kier molecular flexibility index (Phi) is 13.4. The summed E-state index contributed by atoms with van der Waals surface area (Å²) in [4.78, 5) is 16.2. The lowest BCUT2D eigenvalue weighted by Crippen LogP contribution is -2.51. The van der Waals surface area contributed by atoms with Gasteiger partial charge in [-0.3, -0.25) is 9.78 Å². The summed E-state index contributed by atoms with van der Waals surface area (Å²) in [6.45, 7) is 24.5. The summed E-state index contributed by atoms with van der Waals surface area (Å²) in [5, 5.41) is 22.4. The molecule has 1 aromatic carbocycles. The average Bonchev–Trinajstić information content (AvgIpc) is 2.88. The first-order valence-electron chi connectivity index (χ1n) is 16.1. The Labute approximate surface area is 263 Å². The van der Waals surface area contributed by atoms with Gasteiger partial charge in [0, 0.05) is 23.6 Å². The van der Waals surface area contributed by atoms with Crippen LogP contribution in [0.5, 0.6) is 0 Å². The molecule has 0 aliphatic heterocycles. The number of hydrogen-bond acceptors (Lipinski definition) is 5. The van der Waals surface area contributed by atoms with Gasteiger partial charge in [-0.05, 0) is 60.9 Å². The average molecular weight is 630 g/mol. The van der Waals surface area contributed by atoms with Crippen LogP contribution < -0.4 is 0 Å². The third kappa shape index (κ3) is 10.6. The fourth-order valence-corrected chi connectivity index (χ4v) is 7.24. The zero-order valence-corrected chi connectivity index (χ0v) is 30.8. The van der Waals surface area contributed by atoms with E-state index in [4.69, 9.17) is 13.8 Å². The quantitative estimate of drug-likeness (QED) is 0.142. The molecule has 0 saturated heterocycles. The summed E-state index contributed by atoms with van der Waals surface area (Å²) in [7, 11) is -4.43. The van der Waals surface area contributed by atoms with Crippen molar-refractivity contribution in [2.75, 3.05) is 0 Å². The molecule has 242 valence electrons. The molecule has 0 amide bonds. The number of aliphatic carboxylic acids is 1. The smallest absolute Gasteiger partial charge is 0.303 e. The number of carbonyl (C=O) groups is 1. The molecule has 0 aliphatic carbocycles. The van der Waals surface area contributed by atoms with E-state index in [2.05, 4.69) is 92.9 Å². The minimum absolute atomic E-state index is 0.00277. The Morgan fingerprint density at radius 2 is 1.49 bits per heavy atom. The normalized spacial score (nSPS) is 15.6. The molecule has 1 aromatic heterocycles. The fraction of sp³-hybridized carbons (Fsp3) is 0.657. The second-order valence-electron chi connectivity index (χ2n) is 15.1. The monoisotopic (exact) mass is 629 g/mol. The molecule has 0 radical (unpaired) electrons. The molecule has 0 saturated carbocycles. The molecule has 2 rings (SSSR count). The minimum Gasteiger partial charge on any atom is -0.481 e. The molecule has 0 bridgehead atoms. The van der Waals surface area contributed by atoms with E-state index in [9.17, 15) is 15.0 Å². The van der Waals surface area contributed by atoms with Gasteiger partial charge in [0.15, 0.2) is 16.6 Å². The summed E-state index contributed by atoms with van der Waals surface area (Å²) in [6, 6.07) is 8.14. The van der Waals surface area contributed by atoms with E-state index in [1.807, 2.05) is 24.4 Å². The van der Waals surface area contributed by atoms with Crippen molar-refractivity contribution in [3.8, 4) is 0 Å². The molecule has 2 aromatic rings. The van der Waals surface area contributed by atoms with Crippen LogP contribution in [-0.4, -0.2) is 50.0 Å². The fourth-order valence-electron chi connectivity index (χ4n) is 4.61. The van der Waals surface area contributed by atoms with E-state index < -0.39 is 28.7 Å². The maximum Gasteiger partial charge on any atom is 0.303 e. The molecule has 6 nitrogen and oxygen atoms in total. The largest absolute Gasteiger partial charge is 0.481 e. The second kappa shape index (κ2) is 15.4. The van der Waals surface area contributed by atoms with Crippen LogP contribution in [-0.2, 0) is 13.6 Å². The Morgan fingerprint density at radius 3 is 2.05 bits per heavy atom. The Balaban J connectivity index is 2.59. The highest BCUT2D eigenvalue weighted by molar-refractivity contribution is 6.74. The molecule has 0 aliphatic rings. The first-order valence-corrected chi connectivity index (χ1v) is 21.9. The highest BCUT2D eigenvalue weighted by atomic mass is 28.4. The lowest BCUT2D eigenvalue weighted by molar-refractivity contribution is -0.137. The van der Waals surface area contributed by atoms with E-state index >= 15 is 0 Å². The number of aromatic nitrogens is 1. The first-order chi connectivity index (χ1) is 19.8. The van der Waals surface area contributed by atoms with E-state index in [0.717, 1.165) is 41.3 Å². The van der Waals surface area contributed by atoms with Gasteiger partial charge in [0.1, 0.15) is 0 Å². The SMILES string of the molecule is CCCCC[C@H](O)c1ncc(C=CC(O[Si](C)(C)C(C)(C)C)C(CCCC(=O)O)O[Si](C)(C)C(C)(C)C)c2ccccc12. The number of pyridine rings is 1. The molecular weight excluding hydrogens is 571 g/mol. The number of benzene rings is 1. The third-order valence-corrected chi connectivity index (χ3v) is 18.4. The number of fused-ring (bicyclic) bond motifs is 1. The third-order valence-electron chi connectivity index (χ3n) is 9.45. The standard InChI is InChI=1S/C35H59NO5Si2/c1-12-13-14-20-29(37)33-28-19-16-15-18-27(28)26(25-36-33)23-24-31(41-43(10,11)35(5,6)7)30(21-17-22-32(38)39)40-42(8,9)34(2,3)4/h15-16,18-19,23-25,29-31,37H,12-14,17,20-22H2,1-11H3,(H,38,39)/t29-,30?,31?/m0/s1. The van der Waals surface area contributed by atoms with E-state index in [-0.39, 0.29) is 28.7 Å². The molecule has 8 heteroatoms. The Hall–Kier alpha value is -1.85. The highest BCUT2D eigenvalue weighted by Gasteiger charge is 2.44. The van der Waals surface area contributed by atoms with Crippen molar-refractivity contribution < 1.29 is 23.9 Å². The number of aliphatic hydroxyl groups is 1. The maximum absolute atomic E-state index is 11.4. The van der Waals surface area contributed by atoms with Crippen LogP contribution in [0.1, 0.15) is 111 Å². The number of aliphatic hydroxyl groups excluding tert-OH is 1.